The first-order valence-corrected chi connectivity index (χ1v) is 7.23. The number of aryl methyl sites for hydroxylation is 2. The topological polar surface area (TPSA) is 49.4 Å². The van der Waals surface area contributed by atoms with Crippen molar-refractivity contribution in [1.29, 1.82) is 0 Å². The van der Waals surface area contributed by atoms with Crippen molar-refractivity contribution < 1.29 is 9.59 Å². The summed E-state index contributed by atoms with van der Waals surface area (Å²) in [7, 11) is 0. The van der Waals surface area contributed by atoms with Crippen LogP contribution in [0.25, 0.3) is 0 Å². The van der Waals surface area contributed by atoms with Crippen LogP contribution in [-0.4, -0.2) is 22.4 Å². The Morgan fingerprint density at radius 1 is 1.15 bits per heavy atom. The smallest absolute Gasteiger partial charge is 0.305 e. The molecule has 1 aliphatic carbocycles. The van der Waals surface area contributed by atoms with Crippen LogP contribution in [0, 0.1) is 13.8 Å². The van der Waals surface area contributed by atoms with Gasteiger partial charge in [0.05, 0.1) is 0 Å². The minimum absolute atomic E-state index is 0.105. The summed E-state index contributed by atoms with van der Waals surface area (Å²) in [6, 6.07) is 5.90. The lowest BCUT2D eigenvalue weighted by Gasteiger charge is -2.32. The predicted molar refractivity (Wildman–Crippen MR) is 76.2 cm³/mol. The van der Waals surface area contributed by atoms with E-state index in [1.54, 1.807) is 4.90 Å². The van der Waals surface area contributed by atoms with E-state index in [-0.39, 0.29) is 11.9 Å². The van der Waals surface area contributed by atoms with Crippen LogP contribution in [0.1, 0.15) is 42.4 Å². The molecule has 1 saturated heterocycles. The standard InChI is InChI=1S/C16H20N2O2/c1-11-6-5-7-12(2)13(11)10-18-15(20)17-14(19)16(18)8-3-4-9-16/h5-7H,3-4,8-10H2,1-2H3,(H,17,19,20). The Morgan fingerprint density at radius 2 is 1.75 bits per heavy atom. The van der Waals surface area contributed by atoms with Gasteiger partial charge in [0.1, 0.15) is 5.54 Å². The summed E-state index contributed by atoms with van der Waals surface area (Å²) in [5.74, 6) is -0.105. The van der Waals surface area contributed by atoms with E-state index in [1.807, 2.05) is 6.07 Å². The molecule has 1 aromatic rings. The zero-order valence-corrected chi connectivity index (χ0v) is 12.0. The minimum atomic E-state index is -0.591. The Kier molecular flexibility index (Phi) is 3.04. The lowest BCUT2D eigenvalue weighted by Crippen LogP contribution is -2.47. The van der Waals surface area contributed by atoms with Crippen LogP contribution in [0.5, 0.6) is 0 Å². The monoisotopic (exact) mass is 272 g/mol. The number of amides is 3. The number of rotatable bonds is 2. The fraction of sp³-hybridized carbons (Fsp3) is 0.500. The van der Waals surface area contributed by atoms with Gasteiger partial charge in [-0.25, -0.2) is 4.79 Å². The highest BCUT2D eigenvalue weighted by molar-refractivity contribution is 6.07. The van der Waals surface area contributed by atoms with Crippen molar-refractivity contribution in [3.05, 3.63) is 34.9 Å². The molecule has 106 valence electrons. The van der Waals surface area contributed by atoms with Crippen LogP contribution in [0.15, 0.2) is 18.2 Å². The summed E-state index contributed by atoms with van der Waals surface area (Å²) in [5, 5.41) is 2.51. The number of hydrogen-bond acceptors (Lipinski definition) is 2. The van der Waals surface area contributed by atoms with E-state index in [0.717, 1.165) is 31.2 Å². The van der Waals surface area contributed by atoms with Crippen LogP contribution < -0.4 is 5.32 Å². The highest BCUT2D eigenvalue weighted by Crippen LogP contribution is 2.39. The van der Waals surface area contributed by atoms with E-state index in [9.17, 15) is 9.59 Å². The first-order chi connectivity index (χ1) is 9.54. The first kappa shape index (κ1) is 13.2. The molecule has 1 aliphatic heterocycles. The zero-order valence-electron chi connectivity index (χ0n) is 12.0. The molecule has 0 radical (unpaired) electrons. The van der Waals surface area contributed by atoms with E-state index in [1.165, 1.54) is 11.1 Å². The van der Waals surface area contributed by atoms with E-state index in [4.69, 9.17) is 0 Å². The molecule has 1 heterocycles. The van der Waals surface area contributed by atoms with Crippen LogP contribution >= 0.6 is 0 Å². The number of carbonyl (C=O) groups excluding carboxylic acids is 2. The number of imide groups is 1. The van der Waals surface area contributed by atoms with Crippen LogP contribution in [-0.2, 0) is 11.3 Å². The third kappa shape index (κ3) is 1.82. The predicted octanol–water partition coefficient (Wildman–Crippen LogP) is 2.67. The van der Waals surface area contributed by atoms with Crippen LogP contribution in [0.4, 0.5) is 4.79 Å². The summed E-state index contributed by atoms with van der Waals surface area (Å²) >= 11 is 0. The second-order valence-electron chi connectivity index (χ2n) is 5.95. The van der Waals surface area contributed by atoms with E-state index in [2.05, 4.69) is 31.3 Å². The summed E-state index contributed by atoms with van der Waals surface area (Å²) in [5.41, 5.74) is 2.91. The Bertz CT molecular complexity index is 554. The largest absolute Gasteiger partial charge is 0.325 e. The summed E-state index contributed by atoms with van der Waals surface area (Å²) in [4.78, 5) is 26.1. The molecule has 3 amide bonds. The lowest BCUT2D eigenvalue weighted by molar-refractivity contribution is -0.126. The van der Waals surface area contributed by atoms with Gasteiger partial charge in [0.15, 0.2) is 0 Å². The molecule has 4 heteroatoms. The molecule has 0 bridgehead atoms. The van der Waals surface area contributed by atoms with Crippen molar-refractivity contribution in [3.63, 3.8) is 0 Å². The van der Waals surface area contributed by atoms with Gasteiger partial charge in [-0.05, 0) is 43.4 Å². The lowest BCUT2D eigenvalue weighted by atomic mass is 9.94. The first-order valence-electron chi connectivity index (χ1n) is 7.23. The molecule has 4 nitrogen and oxygen atoms in total. The highest BCUT2D eigenvalue weighted by atomic mass is 16.2. The second kappa shape index (κ2) is 4.62. The normalized spacial score (nSPS) is 20.8. The molecule has 2 aliphatic rings. The van der Waals surface area contributed by atoms with E-state index >= 15 is 0 Å². The van der Waals surface area contributed by atoms with Gasteiger partial charge in [-0.3, -0.25) is 10.1 Å². The molecular weight excluding hydrogens is 252 g/mol. The Morgan fingerprint density at radius 3 is 2.35 bits per heavy atom. The molecule has 0 unspecified atom stereocenters. The Balaban J connectivity index is 1.96. The maximum Gasteiger partial charge on any atom is 0.325 e. The van der Waals surface area contributed by atoms with Gasteiger partial charge in [0, 0.05) is 6.54 Å². The fourth-order valence-corrected chi connectivity index (χ4v) is 3.53. The maximum absolute atomic E-state index is 12.2. The fourth-order valence-electron chi connectivity index (χ4n) is 3.53. The number of nitrogens with zero attached hydrogens (tertiary/aromatic N) is 1. The Labute approximate surface area is 119 Å². The molecule has 20 heavy (non-hydrogen) atoms. The quantitative estimate of drug-likeness (QED) is 0.841. The van der Waals surface area contributed by atoms with Crippen LogP contribution in [0.2, 0.25) is 0 Å². The van der Waals surface area contributed by atoms with E-state index in [0.29, 0.717) is 6.54 Å². The highest BCUT2D eigenvalue weighted by Gasteiger charge is 2.53. The molecule has 3 rings (SSSR count). The average Bonchev–Trinajstić information content (AvgIpc) is 2.96. The van der Waals surface area contributed by atoms with Gasteiger partial charge < -0.3 is 4.90 Å². The summed E-state index contributed by atoms with van der Waals surface area (Å²) < 4.78 is 0. The van der Waals surface area contributed by atoms with Gasteiger partial charge in [-0.15, -0.1) is 0 Å². The van der Waals surface area contributed by atoms with Gasteiger partial charge in [0.2, 0.25) is 0 Å². The van der Waals surface area contributed by atoms with Crippen molar-refractivity contribution >= 4 is 11.9 Å². The number of hydrogen-bond donors (Lipinski definition) is 1. The van der Waals surface area contributed by atoms with Crippen molar-refractivity contribution in [2.24, 2.45) is 0 Å². The van der Waals surface area contributed by atoms with E-state index < -0.39 is 5.54 Å². The number of carbonyl (C=O) groups is 2. The van der Waals surface area contributed by atoms with Crippen molar-refractivity contribution in [3.8, 4) is 0 Å². The molecule has 0 aromatic heterocycles. The number of urea groups is 1. The molecule has 0 atom stereocenters. The van der Waals surface area contributed by atoms with Gasteiger partial charge in [-0.2, -0.15) is 0 Å². The number of nitrogens with one attached hydrogen (secondary N) is 1. The summed E-state index contributed by atoms with van der Waals surface area (Å²) in [6.45, 7) is 4.63. The minimum Gasteiger partial charge on any atom is -0.305 e. The molecule has 1 aromatic carbocycles. The van der Waals surface area contributed by atoms with Crippen molar-refractivity contribution in [2.45, 2.75) is 51.6 Å². The molecule has 1 N–H and O–H groups in total. The van der Waals surface area contributed by atoms with Gasteiger partial charge in [-0.1, -0.05) is 31.0 Å². The third-order valence-electron chi connectivity index (χ3n) is 4.80. The molecule has 2 fully saturated rings. The zero-order chi connectivity index (χ0) is 14.3. The second-order valence-corrected chi connectivity index (χ2v) is 5.95. The molecule has 1 saturated carbocycles. The maximum atomic E-state index is 12.2. The number of benzene rings is 1. The average molecular weight is 272 g/mol. The SMILES string of the molecule is Cc1cccc(C)c1CN1C(=O)NC(=O)C12CCCC2. The van der Waals surface area contributed by atoms with Crippen LogP contribution in [0.3, 0.4) is 0 Å². The van der Waals surface area contributed by atoms with Gasteiger partial charge in [0.25, 0.3) is 5.91 Å². The van der Waals surface area contributed by atoms with Crippen molar-refractivity contribution in [2.75, 3.05) is 0 Å². The summed E-state index contributed by atoms with van der Waals surface area (Å²) in [6.07, 6.45) is 3.61. The Hall–Kier alpha value is -1.84. The van der Waals surface area contributed by atoms with Gasteiger partial charge >= 0.3 is 6.03 Å². The third-order valence-corrected chi connectivity index (χ3v) is 4.80. The molecular formula is C16H20N2O2. The molecule has 1 spiro atoms. The van der Waals surface area contributed by atoms with Crippen molar-refractivity contribution in [1.82, 2.24) is 10.2 Å².